The van der Waals surface area contributed by atoms with Gasteiger partial charge in [-0.15, -0.1) is 5.10 Å². The lowest BCUT2D eigenvalue weighted by molar-refractivity contribution is 0.390. The van der Waals surface area contributed by atoms with E-state index in [1.807, 2.05) is 68.4 Å². The number of aryl methyl sites for hydroxylation is 1. The molecule has 8 heteroatoms. The molecule has 4 aromatic rings. The smallest absolute Gasteiger partial charge is 0.307 e. The molecule has 156 valence electrons. The van der Waals surface area contributed by atoms with Gasteiger partial charge in [-0.1, -0.05) is 67.1 Å². The lowest BCUT2D eigenvalue weighted by Gasteiger charge is -2.08. The first-order chi connectivity index (χ1) is 14.0. The maximum absolute atomic E-state index is 12.9. The third kappa shape index (κ3) is 4.60. The van der Waals surface area contributed by atoms with Gasteiger partial charge in [0.25, 0.3) is 0 Å². The number of hydrogen-bond acceptors (Lipinski definition) is 5. The minimum Gasteiger partial charge on any atom is -0.412 e. The van der Waals surface area contributed by atoms with E-state index < -0.39 is 10.8 Å². The second-order valence-corrected chi connectivity index (χ2v) is 8.74. The third-order valence-electron chi connectivity index (χ3n) is 4.61. The normalized spacial score (nSPS) is 11.8. The highest BCUT2D eigenvalue weighted by molar-refractivity contribution is 9.10. The van der Waals surface area contributed by atoms with E-state index in [2.05, 4.69) is 31.2 Å². The lowest BCUT2D eigenvalue weighted by Crippen LogP contribution is -2.04. The average molecular weight is 487 g/mol. The van der Waals surface area contributed by atoms with Gasteiger partial charge in [-0.2, -0.15) is 5.10 Å². The zero-order valence-electron chi connectivity index (χ0n) is 16.0. The highest BCUT2D eigenvalue weighted by atomic mass is 79.9. The van der Waals surface area contributed by atoms with Crippen molar-refractivity contribution in [1.29, 1.82) is 0 Å². The van der Waals surface area contributed by atoms with Gasteiger partial charge < -0.3 is 4.42 Å². The van der Waals surface area contributed by atoms with Crippen LogP contribution >= 0.6 is 15.9 Å². The van der Waals surface area contributed by atoms with Gasteiger partial charge >= 0.3 is 5.22 Å². The second-order valence-electron chi connectivity index (χ2n) is 6.62. The van der Waals surface area contributed by atoms with Crippen molar-refractivity contribution in [2.75, 3.05) is 0 Å². The van der Waals surface area contributed by atoms with Gasteiger partial charge in [0, 0.05) is 0 Å². The molecule has 0 amide bonds. The van der Waals surface area contributed by atoms with Crippen LogP contribution in [-0.4, -0.2) is 24.2 Å². The van der Waals surface area contributed by atoms with Crippen molar-refractivity contribution in [1.82, 2.24) is 20.0 Å². The molecule has 2 aromatic carbocycles. The summed E-state index contributed by atoms with van der Waals surface area (Å²) in [6.07, 6.45) is 0. The number of rotatable bonds is 6. The first kappa shape index (κ1) is 22.1. The highest BCUT2D eigenvalue weighted by Crippen LogP contribution is 2.26. The number of nitrogens with zero attached hydrogens (tertiary/aromatic N) is 4. The molecule has 0 radical (unpaired) electrons. The van der Waals surface area contributed by atoms with Crippen LogP contribution in [0.3, 0.4) is 0 Å². The molecule has 0 aliphatic rings. The van der Waals surface area contributed by atoms with E-state index in [1.54, 1.807) is 4.68 Å². The number of halogens is 1. The van der Waals surface area contributed by atoms with Crippen molar-refractivity contribution in [3.8, 4) is 11.1 Å². The average Bonchev–Trinajstić information content (AvgIpc) is 3.30. The monoisotopic (exact) mass is 486 g/mol. The topological polar surface area (TPSA) is 73.8 Å². The van der Waals surface area contributed by atoms with E-state index >= 15 is 0 Å². The molecule has 2 heterocycles. The summed E-state index contributed by atoms with van der Waals surface area (Å²) in [4.78, 5) is 0. The molecule has 4 rings (SSSR count). The molecule has 30 heavy (non-hydrogen) atoms. The van der Waals surface area contributed by atoms with Crippen LogP contribution in [0.4, 0.5) is 0 Å². The maximum Gasteiger partial charge on any atom is 0.307 e. The number of benzene rings is 2. The standard InChI is InChI=1S/C21H19BrN4O2S.CH4/c1-14-20(22)15(2)26(25-14)12-19-23-24-21(28-19)29(27)13-17-10-6-7-11-18(17)16-8-4-3-5-9-16;/h3-11H,12-13H2,1-2H3;1H4. The largest absolute Gasteiger partial charge is 0.412 e. The van der Waals surface area contributed by atoms with Gasteiger partial charge in [-0.05, 0) is 46.5 Å². The molecule has 1 atom stereocenters. The van der Waals surface area contributed by atoms with Crippen molar-refractivity contribution in [2.24, 2.45) is 0 Å². The Morgan fingerprint density at radius 2 is 1.73 bits per heavy atom. The van der Waals surface area contributed by atoms with Crippen molar-refractivity contribution < 1.29 is 8.63 Å². The minimum atomic E-state index is -1.44. The zero-order chi connectivity index (χ0) is 20.4. The molecule has 1 unspecified atom stereocenters. The van der Waals surface area contributed by atoms with Crippen LogP contribution in [0.15, 0.2) is 68.7 Å². The molecule has 0 saturated carbocycles. The number of aromatic nitrogens is 4. The van der Waals surface area contributed by atoms with Gasteiger partial charge in [0.2, 0.25) is 5.89 Å². The Kier molecular flexibility index (Phi) is 6.99. The van der Waals surface area contributed by atoms with Gasteiger partial charge in [0.15, 0.2) is 0 Å². The molecule has 0 N–H and O–H groups in total. The fraction of sp³-hybridized carbons (Fsp3) is 0.227. The van der Waals surface area contributed by atoms with E-state index in [0.29, 0.717) is 18.2 Å². The Balaban J connectivity index is 0.00000256. The maximum atomic E-state index is 12.9. The summed E-state index contributed by atoms with van der Waals surface area (Å²) < 4.78 is 21.3. The third-order valence-corrected chi connectivity index (χ3v) is 6.89. The van der Waals surface area contributed by atoms with E-state index in [1.165, 1.54) is 0 Å². The van der Waals surface area contributed by atoms with Crippen molar-refractivity contribution in [3.63, 3.8) is 0 Å². The van der Waals surface area contributed by atoms with Crippen molar-refractivity contribution in [2.45, 2.75) is 38.8 Å². The molecule has 0 fully saturated rings. The molecule has 0 bridgehead atoms. The SMILES string of the molecule is C.Cc1nn(Cc2nnc(S(=O)Cc3ccccc3-c3ccccc3)o2)c(C)c1Br. The molecular weight excluding hydrogens is 464 g/mol. The second kappa shape index (κ2) is 9.49. The predicted molar refractivity (Wildman–Crippen MR) is 122 cm³/mol. The van der Waals surface area contributed by atoms with Gasteiger partial charge in [0.1, 0.15) is 17.3 Å². The van der Waals surface area contributed by atoms with E-state index in [4.69, 9.17) is 4.42 Å². The Morgan fingerprint density at radius 1 is 1.03 bits per heavy atom. The van der Waals surface area contributed by atoms with Crippen LogP contribution in [0.5, 0.6) is 0 Å². The van der Waals surface area contributed by atoms with Crippen LogP contribution in [0, 0.1) is 13.8 Å². The molecule has 2 aromatic heterocycles. The molecular formula is C22H23BrN4O2S. The summed E-state index contributed by atoms with van der Waals surface area (Å²) in [6, 6.07) is 18.0. The highest BCUT2D eigenvalue weighted by Gasteiger charge is 2.18. The molecule has 6 nitrogen and oxygen atoms in total. The zero-order valence-corrected chi connectivity index (χ0v) is 18.4. The minimum absolute atomic E-state index is 0. The Labute approximate surface area is 186 Å². The summed E-state index contributed by atoms with van der Waals surface area (Å²) in [7, 11) is -1.44. The van der Waals surface area contributed by atoms with Gasteiger partial charge in [0.05, 0.1) is 21.6 Å². The van der Waals surface area contributed by atoms with Crippen LogP contribution in [0.25, 0.3) is 11.1 Å². The number of hydrogen-bond donors (Lipinski definition) is 0. The molecule has 0 aliphatic carbocycles. The van der Waals surface area contributed by atoms with E-state index in [9.17, 15) is 4.21 Å². The van der Waals surface area contributed by atoms with Crippen LogP contribution in [0.2, 0.25) is 0 Å². The van der Waals surface area contributed by atoms with E-state index in [-0.39, 0.29) is 12.6 Å². The molecule has 0 saturated heterocycles. The molecule has 0 aliphatic heterocycles. The van der Waals surface area contributed by atoms with Crippen molar-refractivity contribution >= 4 is 26.7 Å². The lowest BCUT2D eigenvalue weighted by atomic mass is 10.0. The van der Waals surface area contributed by atoms with Crippen LogP contribution in [-0.2, 0) is 23.1 Å². The van der Waals surface area contributed by atoms with E-state index in [0.717, 1.165) is 32.6 Å². The Morgan fingerprint density at radius 3 is 2.43 bits per heavy atom. The van der Waals surface area contributed by atoms with Gasteiger partial charge in [-0.25, -0.2) is 4.21 Å². The van der Waals surface area contributed by atoms with Crippen LogP contribution in [0.1, 0.15) is 30.3 Å². The quantitative estimate of drug-likeness (QED) is 0.369. The Bertz CT molecular complexity index is 1170. The van der Waals surface area contributed by atoms with Crippen LogP contribution < -0.4 is 0 Å². The summed E-state index contributed by atoms with van der Waals surface area (Å²) >= 11 is 3.51. The Hall–Kier alpha value is -2.58. The first-order valence-corrected chi connectivity index (χ1v) is 11.2. The first-order valence-electron chi connectivity index (χ1n) is 9.06. The summed E-state index contributed by atoms with van der Waals surface area (Å²) in [5, 5.41) is 12.6. The molecule has 0 spiro atoms. The van der Waals surface area contributed by atoms with Crippen molar-refractivity contribution in [3.05, 3.63) is 81.9 Å². The summed E-state index contributed by atoms with van der Waals surface area (Å²) in [5.41, 5.74) is 4.97. The summed E-state index contributed by atoms with van der Waals surface area (Å²) in [6.45, 7) is 4.22. The predicted octanol–water partition coefficient (Wildman–Crippen LogP) is 5.30. The fourth-order valence-corrected chi connectivity index (χ4v) is 4.36. The van der Waals surface area contributed by atoms with Gasteiger partial charge in [-0.3, -0.25) is 4.68 Å². The summed E-state index contributed by atoms with van der Waals surface area (Å²) in [5.74, 6) is 0.681. The fourth-order valence-electron chi connectivity index (χ4n) is 3.10.